The van der Waals surface area contributed by atoms with E-state index in [-0.39, 0.29) is 11.9 Å². The van der Waals surface area contributed by atoms with Crippen LogP contribution in [0.4, 0.5) is 4.39 Å². The maximum atomic E-state index is 13.7. The van der Waals surface area contributed by atoms with Crippen molar-refractivity contribution in [2.75, 3.05) is 7.05 Å². The van der Waals surface area contributed by atoms with Crippen LogP contribution in [0.25, 0.3) is 0 Å². The van der Waals surface area contributed by atoms with E-state index in [0.29, 0.717) is 5.56 Å². The Hall–Kier alpha value is -0.980. The number of nitrogens with zero attached hydrogens (tertiary/aromatic N) is 2. The van der Waals surface area contributed by atoms with Gasteiger partial charge < -0.3 is 5.32 Å². The van der Waals surface area contributed by atoms with E-state index in [4.69, 9.17) is 0 Å². The van der Waals surface area contributed by atoms with Crippen LogP contribution in [0.2, 0.25) is 0 Å². The van der Waals surface area contributed by atoms with Crippen LogP contribution in [0, 0.1) is 12.7 Å². The molecule has 1 atom stereocenters. The Bertz CT molecular complexity index is 528. The Morgan fingerprint density at radius 3 is 2.83 bits per heavy atom. The van der Waals surface area contributed by atoms with Gasteiger partial charge in [-0.05, 0) is 55.7 Å². The van der Waals surface area contributed by atoms with Gasteiger partial charge in [-0.15, -0.1) is 0 Å². The quantitative estimate of drug-likeness (QED) is 0.933. The lowest BCUT2D eigenvalue weighted by Crippen LogP contribution is -2.13. The van der Waals surface area contributed by atoms with Crippen molar-refractivity contribution in [3.63, 3.8) is 0 Å². The zero-order valence-corrected chi connectivity index (χ0v) is 12.0. The summed E-state index contributed by atoms with van der Waals surface area (Å²) in [7, 11) is 1.86. The van der Waals surface area contributed by atoms with Crippen LogP contribution in [0.15, 0.2) is 27.7 Å². The number of benzene rings is 1. The topological polar surface area (TPSA) is 37.8 Å². The first-order valence-electron chi connectivity index (χ1n) is 5.53. The van der Waals surface area contributed by atoms with Gasteiger partial charge in [0.15, 0.2) is 4.34 Å². The van der Waals surface area contributed by atoms with E-state index in [2.05, 4.69) is 14.7 Å². The van der Waals surface area contributed by atoms with Crippen molar-refractivity contribution < 1.29 is 4.39 Å². The zero-order valence-electron chi connectivity index (χ0n) is 10.4. The second kappa shape index (κ2) is 5.77. The van der Waals surface area contributed by atoms with E-state index in [1.54, 1.807) is 13.0 Å². The molecule has 96 valence electrons. The number of aryl methyl sites for hydroxylation is 1. The van der Waals surface area contributed by atoms with Gasteiger partial charge >= 0.3 is 0 Å². The Labute approximate surface area is 114 Å². The molecule has 0 saturated heterocycles. The van der Waals surface area contributed by atoms with Gasteiger partial charge in [0.2, 0.25) is 0 Å². The van der Waals surface area contributed by atoms with Gasteiger partial charge in [-0.2, -0.15) is 4.37 Å². The summed E-state index contributed by atoms with van der Waals surface area (Å²) in [5, 5.41) is 3.14. The summed E-state index contributed by atoms with van der Waals surface area (Å²) >= 11 is 2.87. The minimum atomic E-state index is -0.172. The van der Waals surface area contributed by atoms with Crippen LogP contribution in [0.5, 0.6) is 0 Å². The van der Waals surface area contributed by atoms with Gasteiger partial charge in [0, 0.05) is 10.9 Å². The molecular formula is C12H14FN3S2. The fourth-order valence-corrected chi connectivity index (χ4v) is 3.26. The highest BCUT2D eigenvalue weighted by atomic mass is 32.2. The van der Waals surface area contributed by atoms with E-state index < -0.39 is 0 Å². The smallest absolute Gasteiger partial charge is 0.174 e. The third kappa shape index (κ3) is 2.88. The molecular weight excluding hydrogens is 269 g/mol. The average molecular weight is 283 g/mol. The molecule has 0 saturated carbocycles. The maximum absolute atomic E-state index is 13.7. The van der Waals surface area contributed by atoms with Crippen LogP contribution in [-0.2, 0) is 0 Å². The zero-order chi connectivity index (χ0) is 13.1. The Morgan fingerprint density at radius 1 is 1.44 bits per heavy atom. The summed E-state index contributed by atoms with van der Waals surface area (Å²) in [6.45, 7) is 3.78. The molecule has 18 heavy (non-hydrogen) atoms. The van der Waals surface area contributed by atoms with Crippen LogP contribution in [0.1, 0.15) is 24.1 Å². The predicted molar refractivity (Wildman–Crippen MR) is 72.6 cm³/mol. The van der Waals surface area contributed by atoms with Crippen LogP contribution < -0.4 is 5.32 Å². The third-order valence-electron chi connectivity index (χ3n) is 2.73. The number of nitrogens with one attached hydrogen (secondary N) is 1. The minimum absolute atomic E-state index is 0.0931. The Balaban J connectivity index is 2.40. The molecule has 3 nitrogen and oxygen atoms in total. The van der Waals surface area contributed by atoms with Crippen LogP contribution >= 0.6 is 23.3 Å². The molecule has 1 aromatic heterocycles. The van der Waals surface area contributed by atoms with Gasteiger partial charge in [-0.25, -0.2) is 9.37 Å². The van der Waals surface area contributed by atoms with E-state index in [0.717, 1.165) is 14.8 Å². The SMILES string of the molecule is CNC(C)c1cc(F)c(C)cc1Sc1ncns1. The number of aromatic nitrogens is 2. The van der Waals surface area contributed by atoms with Gasteiger partial charge in [0.1, 0.15) is 12.1 Å². The summed E-state index contributed by atoms with van der Waals surface area (Å²) in [6, 6.07) is 3.56. The molecule has 2 aromatic rings. The second-order valence-electron chi connectivity index (χ2n) is 3.96. The molecule has 0 fully saturated rings. The highest BCUT2D eigenvalue weighted by Gasteiger charge is 2.14. The molecule has 0 spiro atoms. The molecule has 1 aromatic carbocycles. The number of halogens is 1. The average Bonchev–Trinajstić information content (AvgIpc) is 2.85. The monoisotopic (exact) mass is 283 g/mol. The molecule has 0 bridgehead atoms. The first kappa shape index (κ1) is 13.5. The fraction of sp³-hybridized carbons (Fsp3) is 0.333. The number of hydrogen-bond donors (Lipinski definition) is 1. The number of hydrogen-bond acceptors (Lipinski definition) is 5. The summed E-state index contributed by atoms with van der Waals surface area (Å²) in [5.41, 5.74) is 1.59. The lowest BCUT2D eigenvalue weighted by atomic mass is 10.1. The van der Waals surface area contributed by atoms with Gasteiger partial charge in [-0.3, -0.25) is 0 Å². The standard InChI is InChI=1S/C12H14FN3S2/c1-7-4-11(17-12-15-6-16-18-12)9(5-10(7)13)8(2)14-3/h4-6,8,14H,1-3H3. The van der Waals surface area contributed by atoms with Crippen molar-refractivity contribution in [3.8, 4) is 0 Å². The lowest BCUT2D eigenvalue weighted by molar-refractivity contribution is 0.594. The second-order valence-corrected chi connectivity index (χ2v) is 6.03. The highest BCUT2D eigenvalue weighted by molar-refractivity contribution is 8.01. The first-order valence-corrected chi connectivity index (χ1v) is 7.12. The van der Waals surface area contributed by atoms with E-state index in [1.807, 2.05) is 20.0 Å². The summed E-state index contributed by atoms with van der Waals surface area (Å²) < 4.78 is 18.5. The van der Waals surface area contributed by atoms with Gasteiger partial charge in [0.25, 0.3) is 0 Å². The lowest BCUT2D eigenvalue weighted by Gasteiger charge is -2.16. The predicted octanol–water partition coefficient (Wildman–Crippen LogP) is 3.42. The van der Waals surface area contributed by atoms with Gasteiger partial charge in [0.05, 0.1) is 0 Å². The van der Waals surface area contributed by atoms with Crippen molar-refractivity contribution in [1.82, 2.24) is 14.7 Å². The molecule has 1 heterocycles. The molecule has 1 N–H and O–H groups in total. The molecule has 0 aliphatic heterocycles. The highest BCUT2D eigenvalue weighted by Crippen LogP contribution is 2.35. The van der Waals surface area contributed by atoms with Crippen molar-refractivity contribution in [2.45, 2.75) is 29.1 Å². The summed E-state index contributed by atoms with van der Waals surface area (Å²) in [5.74, 6) is -0.172. The molecule has 0 amide bonds. The Morgan fingerprint density at radius 2 is 2.22 bits per heavy atom. The van der Waals surface area contributed by atoms with Crippen molar-refractivity contribution in [3.05, 3.63) is 35.4 Å². The Kier molecular flexibility index (Phi) is 4.31. The van der Waals surface area contributed by atoms with Crippen molar-refractivity contribution >= 4 is 23.3 Å². The summed E-state index contributed by atoms with van der Waals surface area (Å²) in [6.07, 6.45) is 1.53. The van der Waals surface area contributed by atoms with E-state index in [9.17, 15) is 4.39 Å². The normalized spacial score (nSPS) is 12.7. The molecule has 0 aliphatic carbocycles. The fourth-order valence-electron chi connectivity index (χ4n) is 1.55. The van der Waals surface area contributed by atoms with E-state index in [1.165, 1.54) is 29.6 Å². The van der Waals surface area contributed by atoms with E-state index >= 15 is 0 Å². The molecule has 1 unspecified atom stereocenters. The maximum Gasteiger partial charge on any atom is 0.174 e. The van der Waals surface area contributed by atoms with Crippen LogP contribution in [0.3, 0.4) is 0 Å². The minimum Gasteiger partial charge on any atom is -0.313 e. The van der Waals surface area contributed by atoms with Gasteiger partial charge in [-0.1, -0.05) is 11.8 Å². The van der Waals surface area contributed by atoms with Crippen LogP contribution in [-0.4, -0.2) is 16.4 Å². The third-order valence-corrected chi connectivity index (χ3v) is 4.52. The summed E-state index contributed by atoms with van der Waals surface area (Å²) in [4.78, 5) is 5.17. The number of rotatable bonds is 4. The molecule has 0 radical (unpaired) electrons. The van der Waals surface area contributed by atoms with Crippen molar-refractivity contribution in [1.29, 1.82) is 0 Å². The molecule has 2 rings (SSSR count). The largest absolute Gasteiger partial charge is 0.313 e. The molecule has 0 aliphatic rings. The van der Waals surface area contributed by atoms with Crippen molar-refractivity contribution in [2.24, 2.45) is 0 Å². The molecule has 6 heteroatoms. The first-order chi connectivity index (χ1) is 8.61.